The fraction of sp³-hybridized carbons (Fsp3) is 0.500. The van der Waals surface area contributed by atoms with Crippen molar-refractivity contribution >= 4 is 38.9 Å². The van der Waals surface area contributed by atoms with Crippen molar-refractivity contribution in [3.8, 4) is 0 Å². The van der Waals surface area contributed by atoms with Crippen molar-refractivity contribution in [2.45, 2.75) is 159 Å². The molecule has 17 rings (SSSR count). The van der Waals surface area contributed by atoms with E-state index in [4.69, 9.17) is 28.4 Å². The second-order valence-corrected chi connectivity index (χ2v) is 30.0. The molecule has 5 fully saturated rings. The van der Waals surface area contributed by atoms with E-state index in [1.165, 1.54) is 38.6 Å². The van der Waals surface area contributed by atoms with Crippen molar-refractivity contribution in [3.63, 3.8) is 0 Å². The molecule has 0 radical (unpaired) electrons. The zero-order chi connectivity index (χ0) is 65.7. The number of carbonyl (C=O) groups excluding carboxylic acids is 3. The van der Waals surface area contributed by atoms with Gasteiger partial charge in [-0.05, 0) is 154 Å². The van der Waals surface area contributed by atoms with E-state index in [-0.39, 0.29) is 131 Å². The first-order valence-corrected chi connectivity index (χ1v) is 34.7. The fourth-order valence-electron chi connectivity index (χ4n) is 20.2. The van der Waals surface area contributed by atoms with Gasteiger partial charge in [-0.2, -0.15) is 0 Å². The van der Waals surface area contributed by atoms with Crippen LogP contribution < -0.4 is 0 Å². The van der Waals surface area contributed by atoms with Gasteiger partial charge in [0.25, 0.3) is 0 Å². The van der Waals surface area contributed by atoms with Crippen LogP contribution in [0.15, 0.2) is 179 Å². The van der Waals surface area contributed by atoms with Gasteiger partial charge in [0, 0.05) is 169 Å². The summed E-state index contributed by atoms with van der Waals surface area (Å²) < 4.78 is 38.0. The summed E-state index contributed by atoms with van der Waals surface area (Å²) in [5, 5.41) is 33.7. The van der Waals surface area contributed by atoms with E-state index in [1.807, 2.05) is 56.4 Å². The van der Waals surface area contributed by atoms with E-state index < -0.39 is 0 Å². The Morgan fingerprint density at radius 3 is 1.44 bits per heavy atom. The summed E-state index contributed by atoms with van der Waals surface area (Å²) in [6, 6.07) is 21.3. The molecule has 3 aromatic heterocycles. The van der Waals surface area contributed by atoms with Crippen molar-refractivity contribution in [2.75, 3.05) is 41.2 Å². The fourth-order valence-corrected chi connectivity index (χ4v) is 20.2. The molecule has 18 atom stereocenters. The molecule has 3 N–H and O–H groups in total. The Morgan fingerprint density at radius 2 is 0.947 bits per heavy atom. The van der Waals surface area contributed by atoms with E-state index >= 15 is 0 Å². The highest BCUT2D eigenvalue weighted by atomic mass is 16.5. The maximum Gasteiger partial charge on any atom is 0.166 e. The lowest BCUT2D eigenvalue weighted by molar-refractivity contribution is -0.119. The zero-order valence-electron chi connectivity index (χ0n) is 55.5. The Labute approximate surface area is 556 Å². The number of hydrogen-bond donors (Lipinski definition) is 3. The molecule has 15 heteroatoms. The average molecular weight is 1280 g/mol. The quantitative estimate of drug-likeness (QED) is 0.125. The lowest BCUT2D eigenvalue weighted by Crippen LogP contribution is -2.44. The lowest BCUT2D eigenvalue weighted by Gasteiger charge is -2.48. The zero-order valence-corrected chi connectivity index (χ0v) is 55.5. The predicted molar refractivity (Wildman–Crippen MR) is 359 cm³/mol. The van der Waals surface area contributed by atoms with Gasteiger partial charge in [-0.1, -0.05) is 75.4 Å². The Hall–Kier alpha value is -7.24. The molecule has 5 saturated carbocycles. The highest BCUT2D eigenvalue weighted by molar-refractivity contribution is 6.01. The summed E-state index contributed by atoms with van der Waals surface area (Å²) in [5.41, 5.74) is 9.54. The minimum Gasteiger partial charge on any atom is -0.489 e. The van der Waals surface area contributed by atoms with E-state index in [0.717, 1.165) is 89.7 Å². The van der Waals surface area contributed by atoms with Gasteiger partial charge in [0.1, 0.15) is 35.6 Å². The third-order valence-electron chi connectivity index (χ3n) is 25.1. The van der Waals surface area contributed by atoms with Gasteiger partial charge in [-0.3, -0.25) is 29.3 Å². The van der Waals surface area contributed by atoms with E-state index in [0.29, 0.717) is 55.9 Å². The molecule has 12 aliphatic rings. The van der Waals surface area contributed by atoms with Crippen LogP contribution in [0.3, 0.4) is 0 Å². The molecule has 3 aliphatic heterocycles. The normalized spacial score (nSPS) is 36.3. The second kappa shape index (κ2) is 25.3. The SMILES string of the molecule is CO[C@@H]1C[C@H]2[C@@H]3OC4=C(C=C3C=C[C@]2(C)[C@H]1c1cccc2cnccc12)C(=O)CC(CO)C4.CO[C@@H]1C[C@H]2[C@@H]3OC4=C(C=C3CC[C@]2(C)[C@H]1c1cccc2cnccc12)C(=O)CC(CO)C4.CO[C@@H]1C[C@H]2[C@@H]3OC4=C(C=C3CC[C@]2(C)[C@H]1c1cccnc1)C(=O)CC(CO)C4. The molecular formula is C80H89N3O12. The molecule has 0 amide bonds. The largest absolute Gasteiger partial charge is 0.489 e. The van der Waals surface area contributed by atoms with Crippen LogP contribution in [0.2, 0.25) is 0 Å². The first kappa shape index (κ1) is 63.8. The summed E-state index contributed by atoms with van der Waals surface area (Å²) in [6.07, 6.45) is 32.2. The number of hydrogen-bond acceptors (Lipinski definition) is 15. The number of aliphatic hydroxyl groups is 3. The number of ketones is 3. The van der Waals surface area contributed by atoms with E-state index in [2.05, 4.69) is 115 Å². The molecule has 9 aliphatic carbocycles. The molecule has 0 spiro atoms. The Balaban J connectivity index is 0.000000118. The molecule has 2 aromatic carbocycles. The number of rotatable bonds is 9. The smallest absolute Gasteiger partial charge is 0.166 e. The van der Waals surface area contributed by atoms with Gasteiger partial charge in [0.15, 0.2) is 17.3 Å². The first-order chi connectivity index (χ1) is 46.1. The van der Waals surface area contributed by atoms with Crippen LogP contribution in [-0.2, 0) is 42.8 Å². The number of allylic oxidation sites excluding steroid dienone is 10. The van der Waals surface area contributed by atoms with E-state index in [1.54, 1.807) is 14.2 Å². The Bertz CT molecular complexity index is 4100. The molecular weight excluding hydrogens is 1190 g/mol. The monoisotopic (exact) mass is 1280 g/mol. The number of ether oxygens (including phenoxy) is 6. The molecule has 3 unspecified atom stereocenters. The number of carbonyl (C=O) groups is 3. The third kappa shape index (κ3) is 10.8. The minimum atomic E-state index is -0.159. The van der Waals surface area contributed by atoms with Gasteiger partial charge in [0.05, 0.1) is 35.0 Å². The van der Waals surface area contributed by atoms with Crippen molar-refractivity contribution in [2.24, 2.45) is 51.8 Å². The molecule has 0 bridgehead atoms. The second-order valence-electron chi connectivity index (χ2n) is 30.0. The average Bonchev–Trinajstić information content (AvgIpc) is 1.61. The number of Topliss-reactive ketones (excluding diaryl/α,β-unsaturated/α-hetero) is 3. The molecule has 15 nitrogen and oxygen atoms in total. The summed E-state index contributed by atoms with van der Waals surface area (Å²) in [4.78, 5) is 51.0. The van der Waals surface area contributed by atoms with Gasteiger partial charge in [0.2, 0.25) is 0 Å². The molecule has 0 saturated heterocycles. The predicted octanol–water partition coefficient (Wildman–Crippen LogP) is 12.7. The standard InChI is InChI=1S/C28H31NO4.C28H29NO4.C24H29NO4/c2*1-28-8-6-17-12-21-23(31)10-16(15-30)11-24(21)33-27(17)22(28)13-25(32-2)26(28)20-5-3-4-18-14-29-9-7-19(18)20;1-24-6-5-15-10-17-19(27)8-14(13-26)9-20(17)29-23(15)18(24)11-21(28-2)22(24)16-4-3-7-25-12-16/h3-5,7,9,12,14,16,22,25-27,30H,6,8,10-11,13,15H2,1-2H3;3-9,12,14,16,22,25-27,30H,10-11,13,15H2,1-2H3;3-4,7,10,12,14,18,21-23,26H,5-6,8-9,11,13H2,1-2H3/t2*16?,22-,25+,26-,27+,28-;14?,18-,21+,22-,23+,24-/m000/s1. The van der Waals surface area contributed by atoms with Gasteiger partial charge >= 0.3 is 0 Å². The molecule has 95 heavy (non-hydrogen) atoms. The summed E-state index contributed by atoms with van der Waals surface area (Å²) in [5.74, 6) is 4.10. The number of methoxy groups -OCH3 is 3. The summed E-state index contributed by atoms with van der Waals surface area (Å²) >= 11 is 0. The van der Waals surface area contributed by atoms with Crippen LogP contribution in [0.25, 0.3) is 21.5 Å². The maximum absolute atomic E-state index is 12.7. The molecule has 496 valence electrons. The molecule has 6 heterocycles. The topological polar surface area (TPSA) is 206 Å². The highest BCUT2D eigenvalue weighted by Gasteiger charge is 2.62. The van der Waals surface area contributed by atoms with Crippen molar-refractivity contribution in [1.82, 2.24) is 15.0 Å². The van der Waals surface area contributed by atoms with E-state index in [9.17, 15) is 29.7 Å². The van der Waals surface area contributed by atoms with Crippen molar-refractivity contribution in [3.05, 3.63) is 196 Å². The van der Waals surface area contributed by atoms with Gasteiger partial charge < -0.3 is 43.7 Å². The van der Waals surface area contributed by atoms with Crippen molar-refractivity contribution < 1.29 is 58.1 Å². The van der Waals surface area contributed by atoms with Gasteiger partial charge in [-0.15, -0.1) is 0 Å². The highest BCUT2D eigenvalue weighted by Crippen LogP contribution is 2.66. The summed E-state index contributed by atoms with van der Waals surface area (Å²) in [7, 11) is 5.44. The van der Waals surface area contributed by atoms with Crippen LogP contribution in [-0.4, -0.2) is 125 Å². The number of benzene rings is 2. The van der Waals surface area contributed by atoms with Crippen LogP contribution in [0.5, 0.6) is 0 Å². The van der Waals surface area contributed by atoms with Crippen LogP contribution >= 0.6 is 0 Å². The number of aromatic nitrogens is 3. The Morgan fingerprint density at radius 1 is 0.495 bits per heavy atom. The number of aliphatic hydroxyl groups excluding tert-OH is 3. The van der Waals surface area contributed by atoms with Crippen molar-refractivity contribution in [1.29, 1.82) is 0 Å². The summed E-state index contributed by atoms with van der Waals surface area (Å²) in [6.45, 7) is 7.18. The number of fused-ring (bicyclic) bond motifs is 11. The van der Waals surface area contributed by atoms with Crippen LogP contribution in [0.1, 0.15) is 139 Å². The number of nitrogens with zero attached hydrogens (tertiary/aromatic N) is 3. The minimum absolute atomic E-state index is 0.00272. The molecule has 5 aromatic rings. The van der Waals surface area contributed by atoms with Crippen LogP contribution in [0, 0.1) is 51.8 Å². The first-order valence-electron chi connectivity index (χ1n) is 34.7. The maximum atomic E-state index is 12.7. The third-order valence-corrected chi connectivity index (χ3v) is 25.1. The van der Waals surface area contributed by atoms with Gasteiger partial charge in [-0.25, -0.2) is 0 Å². The Kier molecular flexibility index (Phi) is 17.0. The lowest BCUT2D eigenvalue weighted by atomic mass is 9.60. The number of pyridine rings is 3. The van der Waals surface area contributed by atoms with Crippen LogP contribution in [0.4, 0.5) is 0 Å².